The lowest BCUT2D eigenvalue weighted by Gasteiger charge is -2.37. The first-order valence-corrected chi connectivity index (χ1v) is 11.1. The fourth-order valence-corrected chi connectivity index (χ4v) is 4.93. The van der Waals surface area contributed by atoms with E-state index in [9.17, 15) is 4.79 Å². The molecule has 1 aliphatic rings. The first-order chi connectivity index (χ1) is 13.5. The summed E-state index contributed by atoms with van der Waals surface area (Å²) in [6.07, 6.45) is 4.67. The van der Waals surface area contributed by atoms with Crippen molar-refractivity contribution in [2.45, 2.75) is 31.7 Å². The number of rotatable bonds is 6. The van der Waals surface area contributed by atoms with Gasteiger partial charge in [0, 0.05) is 22.1 Å². The molecular formula is C23H28BrClN2O. The summed E-state index contributed by atoms with van der Waals surface area (Å²) >= 11 is 9.52. The average molecular weight is 464 g/mol. The minimum Gasteiger partial charge on any atom is -0.352 e. The van der Waals surface area contributed by atoms with Crippen LogP contribution in [0, 0.1) is 11.8 Å². The molecule has 2 aromatic carbocycles. The van der Waals surface area contributed by atoms with E-state index in [2.05, 4.69) is 52.4 Å². The van der Waals surface area contributed by atoms with Crippen LogP contribution in [0.2, 0.25) is 5.02 Å². The van der Waals surface area contributed by atoms with E-state index in [0.29, 0.717) is 23.4 Å². The number of nitrogens with one attached hydrogen (secondary N) is 1. The third kappa shape index (κ3) is 5.37. The van der Waals surface area contributed by atoms with Gasteiger partial charge in [-0.1, -0.05) is 35.9 Å². The van der Waals surface area contributed by atoms with Crippen molar-refractivity contribution in [2.75, 3.05) is 20.6 Å². The van der Waals surface area contributed by atoms with E-state index in [1.807, 2.05) is 36.4 Å². The molecule has 0 bridgehead atoms. The van der Waals surface area contributed by atoms with Crippen molar-refractivity contribution in [3.8, 4) is 0 Å². The molecule has 1 fully saturated rings. The lowest BCUT2D eigenvalue weighted by Crippen LogP contribution is -2.34. The van der Waals surface area contributed by atoms with Gasteiger partial charge in [0.05, 0.1) is 5.56 Å². The Morgan fingerprint density at radius 1 is 1.11 bits per heavy atom. The number of nitrogens with zero attached hydrogens (tertiary/aromatic N) is 1. The van der Waals surface area contributed by atoms with Gasteiger partial charge in [0.15, 0.2) is 0 Å². The first kappa shape index (κ1) is 21.4. The van der Waals surface area contributed by atoms with E-state index in [-0.39, 0.29) is 5.91 Å². The van der Waals surface area contributed by atoms with E-state index in [1.54, 1.807) is 0 Å². The Morgan fingerprint density at radius 2 is 1.75 bits per heavy atom. The molecule has 0 aromatic heterocycles. The summed E-state index contributed by atoms with van der Waals surface area (Å²) in [6.45, 7) is 0.750. The molecule has 2 aromatic rings. The molecule has 0 heterocycles. The molecule has 3 rings (SSSR count). The number of hydrogen-bond acceptors (Lipinski definition) is 2. The van der Waals surface area contributed by atoms with Crippen LogP contribution in [-0.4, -0.2) is 31.4 Å². The zero-order valence-electron chi connectivity index (χ0n) is 16.5. The van der Waals surface area contributed by atoms with Gasteiger partial charge in [-0.3, -0.25) is 4.79 Å². The van der Waals surface area contributed by atoms with Crippen LogP contribution < -0.4 is 5.32 Å². The molecule has 1 saturated carbocycles. The second-order valence-corrected chi connectivity index (χ2v) is 9.22. The summed E-state index contributed by atoms with van der Waals surface area (Å²) in [5, 5.41) is 3.90. The minimum absolute atomic E-state index is 0.00179. The second-order valence-electron chi connectivity index (χ2n) is 7.93. The van der Waals surface area contributed by atoms with Crippen LogP contribution in [-0.2, 0) is 0 Å². The van der Waals surface area contributed by atoms with Gasteiger partial charge in [0.1, 0.15) is 0 Å². The minimum atomic E-state index is 0.00179. The highest BCUT2D eigenvalue weighted by Crippen LogP contribution is 2.39. The van der Waals surface area contributed by atoms with Gasteiger partial charge >= 0.3 is 0 Å². The van der Waals surface area contributed by atoms with E-state index in [1.165, 1.54) is 18.4 Å². The van der Waals surface area contributed by atoms with Crippen LogP contribution in [0.4, 0.5) is 0 Å². The predicted octanol–water partition coefficient (Wildman–Crippen LogP) is 5.94. The Balaban J connectivity index is 1.54. The largest absolute Gasteiger partial charge is 0.352 e. The van der Waals surface area contributed by atoms with E-state index in [0.717, 1.165) is 28.9 Å². The maximum absolute atomic E-state index is 12.4. The normalized spacial score (nSPS) is 20.8. The monoisotopic (exact) mass is 462 g/mol. The van der Waals surface area contributed by atoms with Gasteiger partial charge in [-0.2, -0.15) is 0 Å². The Kier molecular flexibility index (Phi) is 7.55. The maximum atomic E-state index is 12.4. The van der Waals surface area contributed by atoms with Crippen LogP contribution in [0.5, 0.6) is 0 Å². The Labute approximate surface area is 181 Å². The summed E-state index contributed by atoms with van der Waals surface area (Å²) in [6, 6.07) is 16.2. The number of benzene rings is 2. The van der Waals surface area contributed by atoms with Gasteiger partial charge < -0.3 is 10.2 Å². The van der Waals surface area contributed by atoms with Crippen LogP contribution in [0.25, 0.3) is 0 Å². The summed E-state index contributed by atoms with van der Waals surface area (Å²) in [4.78, 5) is 14.7. The molecule has 0 radical (unpaired) electrons. The third-order valence-electron chi connectivity index (χ3n) is 5.78. The van der Waals surface area contributed by atoms with Crippen LogP contribution in [0.3, 0.4) is 0 Å². The number of amides is 1. The molecular weight excluding hydrogens is 436 g/mol. The molecule has 3 nitrogen and oxygen atoms in total. The van der Waals surface area contributed by atoms with Crippen molar-refractivity contribution in [3.63, 3.8) is 0 Å². The van der Waals surface area contributed by atoms with Gasteiger partial charge in [0.25, 0.3) is 5.91 Å². The van der Waals surface area contributed by atoms with Crippen molar-refractivity contribution in [1.29, 1.82) is 0 Å². The zero-order valence-corrected chi connectivity index (χ0v) is 18.8. The quantitative estimate of drug-likeness (QED) is 0.575. The average Bonchev–Trinajstić information content (AvgIpc) is 2.69. The number of carbonyl (C=O) groups excluding carboxylic acids is 1. The summed E-state index contributed by atoms with van der Waals surface area (Å²) in [5.41, 5.74) is 2.03. The van der Waals surface area contributed by atoms with Crippen molar-refractivity contribution in [1.82, 2.24) is 10.2 Å². The molecule has 0 aliphatic heterocycles. The zero-order chi connectivity index (χ0) is 20.1. The summed E-state index contributed by atoms with van der Waals surface area (Å²) in [7, 11) is 4.31. The standard InChI is InChI=1S/C23H28BrClN2O/c1-27(2)22(18-11-13-19(25)14-12-18)17-9-7-16(8-10-17)15-26-23(28)20-5-3-4-6-21(20)24/h3-6,11-14,16-17,22H,7-10,15H2,1-2H3,(H,26,28). The van der Waals surface area contributed by atoms with Crippen molar-refractivity contribution < 1.29 is 4.79 Å². The van der Waals surface area contributed by atoms with Crippen molar-refractivity contribution in [2.24, 2.45) is 11.8 Å². The van der Waals surface area contributed by atoms with E-state index in [4.69, 9.17) is 11.6 Å². The SMILES string of the molecule is CN(C)C(c1ccc(Cl)cc1)C1CCC(CNC(=O)c2ccccc2Br)CC1. The number of carbonyl (C=O) groups is 1. The topological polar surface area (TPSA) is 32.3 Å². The molecule has 1 aliphatic carbocycles. The summed E-state index contributed by atoms with van der Waals surface area (Å²) in [5.74, 6) is 1.18. The van der Waals surface area contributed by atoms with E-state index >= 15 is 0 Å². The smallest absolute Gasteiger partial charge is 0.252 e. The number of halogens is 2. The molecule has 0 saturated heterocycles. The third-order valence-corrected chi connectivity index (χ3v) is 6.72. The Hall–Kier alpha value is -1.36. The fraction of sp³-hybridized carbons (Fsp3) is 0.435. The highest BCUT2D eigenvalue weighted by Gasteiger charge is 2.30. The van der Waals surface area contributed by atoms with Gasteiger partial charge in [-0.25, -0.2) is 0 Å². The summed E-state index contributed by atoms with van der Waals surface area (Å²) < 4.78 is 0.841. The molecule has 0 spiro atoms. The van der Waals surface area contributed by atoms with Crippen LogP contribution in [0.15, 0.2) is 53.0 Å². The van der Waals surface area contributed by atoms with Gasteiger partial charge in [0.2, 0.25) is 0 Å². The maximum Gasteiger partial charge on any atom is 0.252 e. The van der Waals surface area contributed by atoms with Gasteiger partial charge in [-0.05, 0) is 97.4 Å². The molecule has 28 heavy (non-hydrogen) atoms. The van der Waals surface area contributed by atoms with Gasteiger partial charge in [-0.15, -0.1) is 0 Å². The highest BCUT2D eigenvalue weighted by molar-refractivity contribution is 9.10. The lowest BCUT2D eigenvalue weighted by atomic mass is 9.76. The van der Waals surface area contributed by atoms with E-state index < -0.39 is 0 Å². The van der Waals surface area contributed by atoms with Crippen LogP contribution in [0.1, 0.15) is 47.6 Å². The van der Waals surface area contributed by atoms with Crippen LogP contribution >= 0.6 is 27.5 Å². The second kappa shape index (κ2) is 9.91. The van der Waals surface area contributed by atoms with Crippen molar-refractivity contribution >= 4 is 33.4 Å². The first-order valence-electron chi connectivity index (χ1n) is 9.90. The Morgan fingerprint density at radius 3 is 2.36 bits per heavy atom. The highest BCUT2D eigenvalue weighted by atomic mass is 79.9. The molecule has 1 N–H and O–H groups in total. The van der Waals surface area contributed by atoms with Crippen molar-refractivity contribution in [3.05, 3.63) is 69.2 Å². The lowest BCUT2D eigenvalue weighted by molar-refractivity contribution is 0.0933. The molecule has 1 unspecified atom stereocenters. The predicted molar refractivity (Wildman–Crippen MR) is 120 cm³/mol. The number of hydrogen-bond donors (Lipinski definition) is 1. The fourth-order valence-electron chi connectivity index (χ4n) is 4.34. The Bertz CT molecular complexity index is 785. The molecule has 1 amide bonds. The molecule has 1 atom stereocenters. The molecule has 5 heteroatoms. The molecule has 150 valence electrons.